The monoisotopic (exact) mass is 283 g/mol. The second-order valence-corrected chi connectivity index (χ2v) is 5.31. The Morgan fingerprint density at radius 1 is 1.14 bits per heavy atom. The molecule has 0 aromatic heterocycles. The zero-order valence-electron chi connectivity index (χ0n) is 12.8. The van der Waals surface area contributed by atoms with Gasteiger partial charge in [-0.3, -0.25) is 0 Å². The molecule has 0 spiro atoms. The molecule has 0 radical (unpaired) electrons. The van der Waals surface area contributed by atoms with E-state index in [2.05, 4.69) is 36.5 Å². The van der Waals surface area contributed by atoms with E-state index in [-0.39, 0.29) is 6.04 Å². The van der Waals surface area contributed by atoms with E-state index in [0.29, 0.717) is 0 Å². The summed E-state index contributed by atoms with van der Waals surface area (Å²) < 4.78 is 10.9. The molecule has 2 aromatic carbocycles. The fourth-order valence-electron chi connectivity index (χ4n) is 3.05. The zero-order chi connectivity index (χ0) is 14.8. The maximum Gasteiger partial charge on any atom is 0.124 e. The number of anilines is 1. The second kappa shape index (κ2) is 5.68. The molecule has 1 aliphatic rings. The largest absolute Gasteiger partial charge is 0.497 e. The van der Waals surface area contributed by atoms with Crippen molar-refractivity contribution in [2.45, 2.75) is 25.8 Å². The van der Waals surface area contributed by atoms with E-state index in [9.17, 15) is 0 Å². The van der Waals surface area contributed by atoms with Crippen LogP contribution in [0.1, 0.15) is 29.7 Å². The summed E-state index contributed by atoms with van der Waals surface area (Å²) in [7, 11) is 3.41. The molecule has 3 heteroatoms. The highest BCUT2D eigenvalue weighted by molar-refractivity contribution is 5.64. The second-order valence-electron chi connectivity index (χ2n) is 5.31. The first-order valence-corrected chi connectivity index (χ1v) is 7.36. The number of benzene rings is 2. The standard InChI is InChI=1S/C18H21NO2/c1-4-12-6-5-7-13-10-16(19-18(12)13)15-11-14(20-2)8-9-17(15)21-3/h5-9,11,16,19H,4,10H2,1-3H3. The van der Waals surface area contributed by atoms with E-state index >= 15 is 0 Å². The van der Waals surface area contributed by atoms with Crippen LogP contribution in [0.2, 0.25) is 0 Å². The van der Waals surface area contributed by atoms with Gasteiger partial charge in [0.1, 0.15) is 11.5 Å². The van der Waals surface area contributed by atoms with Gasteiger partial charge in [0.25, 0.3) is 0 Å². The van der Waals surface area contributed by atoms with Crippen LogP contribution in [0.5, 0.6) is 11.5 Å². The predicted octanol–water partition coefficient (Wildman–Crippen LogP) is 3.98. The van der Waals surface area contributed by atoms with Crippen LogP contribution >= 0.6 is 0 Å². The van der Waals surface area contributed by atoms with Gasteiger partial charge in [-0.05, 0) is 42.2 Å². The third-order valence-electron chi connectivity index (χ3n) is 4.17. The first-order chi connectivity index (χ1) is 10.3. The summed E-state index contributed by atoms with van der Waals surface area (Å²) in [6.45, 7) is 2.19. The maximum absolute atomic E-state index is 5.52. The molecule has 1 N–H and O–H groups in total. The normalized spacial score (nSPS) is 16.2. The smallest absolute Gasteiger partial charge is 0.124 e. The third kappa shape index (κ3) is 2.44. The molecule has 0 saturated heterocycles. The van der Waals surface area contributed by atoms with Gasteiger partial charge in [0, 0.05) is 11.3 Å². The summed E-state index contributed by atoms with van der Waals surface area (Å²) in [5, 5.41) is 3.66. The van der Waals surface area contributed by atoms with Crippen LogP contribution in [0.4, 0.5) is 5.69 Å². The number of ether oxygens (including phenoxy) is 2. The number of methoxy groups -OCH3 is 2. The molecule has 21 heavy (non-hydrogen) atoms. The van der Waals surface area contributed by atoms with Gasteiger partial charge >= 0.3 is 0 Å². The van der Waals surface area contributed by atoms with Gasteiger partial charge in [0.15, 0.2) is 0 Å². The average Bonchev–Trinajstić information content (AvgIpc) is 2.98. The molecule has 0 aliphatic carbocycles. The van der Waals surface area contributed by atoms with Gasteiger partial charge in [-0.2, -0.15) is 0 Å². The van der Waals surface area contributed by atoms with E-state index in [1.54, 1.807) is 14.2 Å². The average molecular weight is 283 g/mol. The molecule has 1 atom stereocenters. The lowest BCUT2D eigenvalue weighted by Crippen LogP contribution is -2.08. The van der Waals surface area contributed by atoms with Crippen molar-refractivity contribution >= 4 is 5.69 Å². The molecule has 1 unspecified atom stereocenters. The minimum Gasteiger partial charge on any atom is -0.497 e. The number of hydrogen-bond acceptors (Lipinski definition) is 3. The first-order valence-electron chi connectivity index (χ1n) is 7.36. The molecular weight excluding hydrogens is 262 g/mol. The van der Waals surface area contributed by atoms with Crippen LogP contribution in [-0.2, 0) is 12.8 Å². The van der Waals surface area contributed by atoms with Crippen LogP contribution in [-0.4, -0.2) is 14.2 Å². The first kappa shape index (κ1) is 13.8. The summed E-state index contributed by atoms with van der Waals surface area (Å²) in [6.07, 6.45) is 2.02. The van der Waals surface area contributed by atoms with Gasteiger partial charge in [-0.1, -0.05) is 25.1 Å². The van der Waals surface area contributed by atoms with Crippen molar-refractivity contribution < 1.29 is 9.47 Å². The van der Waals surface area contributed by atoms with E-state index in [0.717, 1.165) is 29.9 Å². The van der Waals surface area contributed by atoms with Crippen molar-refractivity contribution in [3.05, 3.63) is 53.1 Å². The van der Waals surface area contributed by atoms with Crippen LogP contribution in [0.25, 0.3) is 0 Å². The quantitative estimate of drug-likeness (QED) is 0.920. The topological polar surface area (TPSA) is 30.5 Å². The fraction of sp³-hybridized carbons (Fsp3) is 0.333. The lowest BCUT2D eigenvalue weighted by atomic mass is 10.0. The van der Waals surface area contributed by atoms with Crippen LogP contribution in [0.15, 0.2) is 36.4 Å². The van der Waals surface area contributed by atoms with Crippen molar-refractivity contribution in [2.75, 3.05) is 19.5 Å². The fourth-order valence-corrected chi connectivity index (χ4v) is 3.05. The van der Waals surface area contributed by atoms with Crippen molar-refractivity contribution in [3.63, 3.8) is 0 Å². The molecule has 3 rings (SSSR count). The lowest BCUT2D eigenvalue weighted by molar-refractivity contribution is 0.396. The molecule has 110 valence electrons. The lowest BCUT2D eigenvalue weighted by Gasteiger charge is -2.17. The Kier molecular flexibility index (Phi) is 3.74. The number of nitrogens with one attached hydrogen (secondary N) is 1. The third-order valence-corrected chi connectivity index (χ3v) is 4.17. The summed E-state index contributed by atoms with van der Waals surface area (Å²) >= 11 is 0. The Hall–Kier alpha value is -2.16. The Morgan fingerprint density at radius 2 is 2.00 bits per heavy atom. The number of para-hydroxylation sites is 1. The number of fused-ring (bicyclic) bond motifs is 1. The highest BCUT2D eigenvalue weighted by atomic mass is 16.5. The van der Waals surface area contributed by atoms with Crippen LogP contribution in [0.3, 0.4) is 0 Å². The highest BCUT2D eigenvalue weighted by Crippen LogP contribution is 2.40. The van der Waals surface area contributed by atoms with Gasteiger partial charge in [-0.25, -0.2) is 0 Å². The summed E-state index contributed by atoms with van der Waals surface area (Å²) in [6, 6.07) is 12.7. The minimum atomic E-state index is 0.234. The molecule has 0 bridgehead atoms. The molecule has 1 heterocycles. The molecule has 2 aromatic rings. The number of hydrogen-bond donors (Lipinski definition) is 1. The van der Waals surface area contributed by atoms with Crippen molar-refractivity contribution in [1.82, 2.24) is 0 Å². The highest BCUT2D eigenvalue weighted by Gasteiger charge is 2.26. The Labute approximate surface area is 125 Å². The maximum atomic E-state index is 5.52. The molecule has 1 aliphatic heterocycles. The van der Waals surface area contributed by atoms with Crippen molar-refractivity contribution in [1.29, 1.82) is 0 Å². The van der Waals surface area contributed by atoms with Crippen LogP contribution in [0, 0.1) is 0 Å². The van der Waals surface area contributed by atoms with Gasteiger partial charge in [0.2, 0.25) is 0 Å². The van der Waals surface area contributed by atoms with E-state index in [1.165, 1.54) is 16.8 Å². The number of aryl methyl sites for hydroxylation is 1. The van der Waals surface area contributed by atoms with Gasteiger partial charge in [-0.15, -0.1) is 0 Å². The van der Waals surface area contributed by atoms with Crippen molar-refractivity contribution in [2.24, 2.45) is 0 Å². The summed E-state index contributed by atoms with van der Waals surface area (Å²) in [5.74, 6) is 1.76. The molecular formula is C18H21NO2. The minimum absolute atomic E-state index is 0.234. The number of rotatable bonds is 4. The Morgan fingerprint density at radius 3 is 2.71 bits per heavy atom. The van der Waals surface area contributed by atoms with Crippen molar-refractivity contribution in [3.8, 4) is 11.5 Å². The van der Waals surface area contributed by atoms with Crippen LogP contribution < -0.4 is 14.8 Å². The summed E-state index contributed by atoms with van der Waals surface area (Å²) in [4.78, 5) is 0. The van der Waals surface area contributed by atoms with E-state index in [1.807, 2.05) is 12.1 Å². The van der Waals surface area contributed by atoms with Gasteiger partial charge in [0.05, 0.1) is 20.3 Å². The summed E-state index contributed by atoms with van der Waals surface area (Å²) in [5.41, 5.74) is 5.19. The molecule has 3 nitrogen and oxygen atoms in total. The Bertz CT molecular complexity index is 652. The zero-order valence-corrected chi connectivity index (χ0v) is 12.8. The van der Waals surface area contributed by atoms with E-state index in [4.69, 9.17) is 9.47 Å². The predicted molar refractivity (Wildman–Crippen MR) is 85.4 cm³/mol. The molecule has 0 saturated carbocycles. The molecule has 0 fully saturated rings. The SMILES string of the molecule is CCc1cccc2c1NC(c1cc(OC)ccc1OC)C2. The Balaban J connectivity index is 1.97. The van der Waals surface area contributed by atoms with Gasteiger partial charge < -0.3 is 14.8 Å². The molecule has 0 amide bonds. The van der Waals surface area contributed by atoms with E-state index < -0.39 is 0 Å².